The number of hydrogen-bond acceptors (Lipinski definition) is 3. The topological polar surface area (TPSA) is 46.2 Å². The number of nitrogens with one attached hydrogen (secondary N) is 1. The van der Waals surface area contributed by atoms with Crippen molar-refractivity contribution in [2.24, 2.45) is 0 Å². The summed E-state index contributed by atoms with van der Waals surface area (Å²) in [6.07, 6.45) is 0. The van der Waals surface area contributed by atoms with Crippen LogP contribution in [0.2, 0.25) is 0 Å². The quantitative estimate of drug-likeness (QED) is 0.926. The predicted octanol–water partition coefficient (Wildman–Crippen LogP) is 2.79. The molecule has 0 bridgehead atoms. The molecule has 1 unspecified atom stereocenters. The molecule has 1 aromatic heterocycles. The molecule has 3 nitrogen and oxygen atoms in total. The van der Waals surface area contributed by atoms with Gasteiger partial charge in [-0.3, -0.25) is 0 Å². The SMILES string of the molecule is CC(NS(=O)(=O)c1cccs1)c1ccccc1. The number of hydrogen-bond donors (Lipinski definition) is 1. The third-order valence-corrected chi connectivity index (χ3v) is 5.33. The molecule has 5 heteroatoms. The molecule has 17 heavy (non-hydrogen) atoms. The molecule has 0 saturated heterocycles. The van der Waals surface area contributed by atoms with Crippen LogP contribution in [0, 0.1) is 0 Å². The molecule has 90 valence electrons. The smallest absolute Gasteiger partial charge is 0.206 e. The lowest BCUT2D eigenvalue weighted by molar-refractivity contribution is 0.569. The van der Waals surface area contributed by atoms with Crippen molar-refractivity contribution in [3.8, 4) is 0 Å². The van der Waals surface area contributed by atoms with Crippen molar-refractivity contribution in [1.29, 1.82) is 0 Å². The molecule has 0 aliphatic rings. The summed E-state index contributed by atoms with van der Waals surface area (Å²) in [5, 5.41) is 1.75. The van der Waals surface area contributed by atoms with Gasteiger partial charge in [0, 0.05) is 6.04 Å². The number of sulfonamides is 1. The average molecular weight is 267 g/mol. The van der Waals surface area contributed by atoms with Crippen LogP contribution in [-0.2, 0) is 10.0 Å². The lowest BCUT2D eigenvalue weighted by Gasteiger charge is -2.13. The molecule has 0 fully saturated rings. The van der Waals surface area contributed by atoms with Crippen LogP contribution >= 0.6 is 11.3 Å². The molecule has 1 heterocycles. The van der Waals surface area contributed by atoms with Gasteiger partial charge in [-0.15, -0.1) is 11.3 Å². The third-order valence-electron chi connectivity index (χ3n) is 2.39. The fourth-order valence-electron chi connectivity index (χ4n) is 1.52. The van der Waals surface area contributed by atoms with Gasteiger partial charge in [0.15, 0.2) is 0 Å². The highest BCUT2D eigenvalue weighted by molar-refractivity contribution is 7.91. The van der Waals surface area contributed by atoms with Crippen LogP contribution in [0.5, 0.6) is 0 Å². The standard InChI is InChI=1S/C12H13NO2S2/c1-10(11-6-3-2-4-7-11)13-17(14,15)12-8-5-9-16-12/h2-10,13H,1H3. The van der Waals surface area contributed by atoms with Gasteiger partial charge in [0.05, 0.1) is 0 Å². The summed E-state index contributed by atoms with van der Waals surface area (Å²) in [5.74, 6) is 0. The van der Waals surface area contributed by atoms with E-state index in [1.54, 1.807) is 17.5 Å². The van der Waals surface area contributed by atoms with Crippen molar-refractivity contribution < 1.29 is 8.42 Å². The van der Waals surface area contributed by atoms with Crippen molar-refractivity contribution in [2.75, 3.05) is 0 Å². The van der Waals surface area contributed by atoms with E-state index in [1.807, 2.05) is 37.3 Å². The Kier molecular flexibility index (Phi) is 3.61. The second kappa shape index (κ2) is 5.00. The molecule has 1 aromatic carbocycles. The first-order valence-corrected chi connectivity index (χ1v) is 7.56. The molecule has 0 aliphatic carbocycles. The zero-order valence-corrected chi connectivity index (χ0v) is 11.0. The summed E-state index contributed by atoms with van der Waals surface area (Å²) < 4.78 is 27.0. The fraction of sp³-hybridized carbons (Fsp3) is 0.167. The molecular formula is C12H13NO2S2. The Hall–Kier alpha value is -1.17. The minimum Gasteiger partial charge on any atom is -0.206 e. The van der Waals surface area contributed by atoms with E-state index in [1.165, 1.54) is 11.3 Å². The van der Waals surface area contributed by atoms with Gasteiger partial charge in [0.25, 0.3) is 10.0 Å². The minimum absolute atomic E-state index is 0.233. The first-order valence-electron chi connectivity index (χ1n) is 5.20. The molecular weight excluding hydrogens is 254 g/mol. The third kappa shape index (κ3) is 2.94. The summed E-state index contributed by atoms with van der Waals surface area (Å²) in [5.41, 5.74) is 0.952. The highest BCUT2D eigenvalue weighted by Crippen LogP contribution is 2.19. The van der Waals surface area contributed by atoms with E-state index in [0.717, 1.165) is 5.56 Å². The molecule has 0 saturated carbocycles. The molecule has 0 spiro atoms. The molecule has 2 aromatic rings. The average Bonchev–Trinajstić information content (AvgIpc) is 2.84. The van der Waals surface area contributed by atoms with Gasteiger partial charge in [-0.1, -0.05) is 36.4 Å². The first-order chi connectivity index (χ1) is 8.09. The van der Waals surface area contributed by atoms with Gasteiger partial charge in [-0.2, -0.15) is 0 Å². The second-order valence-corrected chi connectivity index (χ2v) is 6.57. The van der Waals surface area contributed by atoms with Crippen LogP contribution in [-0.4, -0.2) is 8.42 Å². The Morgan fingerprint density at radius 3 is 2.41 bits per heavy atom. The Morgan fingerprint density at radius 1 is 1.12 bits per heavy atom. The van der Waals surface area contributed by atoms with Crippen LogP contribution in [0.4, 0.5) is 0 Å². The second-order valence-electron chi connectivity index (χ2n) is 3.69. The summed E-state index contributed by atoms with van der Waals surface area (Å²) in [6, 6.07) is 12.6. The van der Waals surface area contributed by atoms with Crippen LogP contribution in [0.15, 0.2) is 52.1 Å². The molecule has 1 N–H and O–H groups in total. The predicted molar refractivity (Wildman–Crippen MR) is 69.5 cm³/mol. The van der Waals surface area contributed by atoms with Crippen LogP contribution < -0.4 is 4.72 Å². The van der Waals surface area contributed by atoms with Gasteiger partial charge in [0.1, 0.15) is 4.21 Å². The van der Waals surface area contributed by atoms with Crippen molar-refractivity contribution in [2.45, 2.75) is 17.2 Å². The van der Waals surface area contributed by atoms with Gasteiger partial charge in [-0.25, -0.2) is 13.1 Å². The highest BCUT2D eigenvalue weighted by atomic mass is 32.2. The van der Waals surface area contributed by atoms with Crippen LogP contribution in [0.3, 0.4) is 0 Å². The summed E-state index contributed by atoms with van der Waals surface area (Å²) in [6.45, 7) is 1.83. The van der Waals surface area contributed by atoms with Gasteiger partial charge in [0.2, 0.25) is 0 Å². The number of rotatable bonds is 4. The van der Waals surface area contributed by atoms with E-state index < -0.39 is 10.0 Å². The normalized spacial score (nSPS) is 13.5. The number of benzene rings is 1. The Bertz CT molecular complexity index is 562. The van der Waals surface area contributed by atoms with E-state index in [-0.39, 0.29) is 6.04 Å². The highest BCUT2D eigenvalue weighted by Gasteiger charge is 2.18. The Morgan fingerprint density at radius 2 is 1.82 bits per heavy atom. The maximum atomic E-state index is 12.0. The molecule has 0 radical (unpaired) electrons. The van der Waals surface area contributed by atoms with E-state index in [4.69, 9.17) is 0 Å². The summed E-state index contributed by atoms with van der Waals surface area (Å²) >= 11 is 1.22. The van der Waals surface area contributed by atoms with E-state index in [0.29, 0.717) is 4.21 Å². The monoisotopic (exact) mass is 267 g/mol. The van der Waals surface area contributed by atoms with E-state index in [9.17, 15) is 8.42 Å². The van der Waals surface area contributed by atoms with Crippen molar-refractivity contribution >= 4 is 21.4 Å². The Labute approximate surface area is 105 Å². The van der Waals surface area contributed by atoms with Gasteiger partial charge in [-0.05, 0) is 23.9 Å². The number of thiophene rings is 1. The van der Waals surface area contributed by atoms with Crippen molar-refractivity contribution in [3.63, 3.8) is 0 Å². The van der Waals surface area contributed by atoms with Crippen LogP contribution in [0.1, 0.15) is 18.5 Å². The van der Waals surface area contributed by atoms with E-state index in [2.05, 4.69) is 4.72 Å². The lowest BCUT2D eigenvalue weighted by atomic mass is 10.1. The maximum absolute atomic E-state index is 12.0. The fourth-order valence-corrected chi connectivity index (χ4v) is 3.76. The van der Waals surface area contributed by atoms with Crippen molar-refractivity contribution in [1.82, 2.24) is 4.72 Å². The summed E-state index contributed by atoms with van der Waals surface area (Å²) in [7, 11) is -3.40. The van der Waals surface area contributed by atoms with Gasteiger partial charge >= 0.3 is 0 Å². The first kappa shape index (κ1) is 12.3. The Balaban J connectivity index is 2.17. The molecule has 2 rings (SSSR count). The maximum Gasteiger partial charge on any atom is 0.250 e. The minimum atomic E-state index is -3.40. The van der Waals surface area contributed by atoms with Gasteiger partial charge < -0.3 is 0 Å². The van der Waals surface area contributed by atoms with Crippen LogP contribution in [0.25, 0.3) is 0 Å². The molecule has 0 aliphatic heterocycles. The lowest BCUT2D eigenvalue weighted by Crippen LogP contribution is -2.26. The largest absolute Gasteiger partial charge is 0.250 e. The van der Waals surface area contributed by atoms with E-state index >= 15 is 0 Å². The van der Waals surface area contributed by atoms with Crippen molar-refractivity contribution in [3.05, 3.63) is 53.4 Å². The zero-order chi connectivity index (χ0) is 12.3. The molecule has 0 amide bonds. The zero-order valence-electron chi connectivity index (χ0n) is 9.33. The molecule has 1 atom stereocenters. The summed E-state index contributed by atoms with van der Waals surface area (Å²) in [4.78, 5) is 0.